The highest BCUT2D eigenvalue weighted by atomic mass is 32.2. The van der Waals surface area contributed by atoms with Gasteiger partial charge in [0.2, 0.25) is 5.75 Å². The van der Waals surface area contributed by atoms with E-state index in [9.17, 15) is 4.79 Å². The third-order valence-corrected chi connectivity index (χ3v) is 7.78. The van der Waals surface area contributed by atoms with Gasteiger partial charge in [-0.15, -0.1) is 11.8 Å². The van der Waals surface area contributed by atoms with Crippen molar-refractivity contribution < 1.29 is 14.2 Å². The number of aromatic nitrogens is 1. The Labute approximate surface area is 208 Å². The molecule has 0 saturated carbocycles. The third kappa shape index (κ3) is 4.56. The molecule has 1 atom stereocenters. The summed E-state index contributed by atoms with van der Waals surface area (Å²) in [7, 11) is 4.89. The smallest absolute Gasteiger partial charge is 0.253 e. The lowest BCUT2D eigenvalue weighted by Gasteiger charge is -2.24. The predicted molar refractivity (Wildman–Crippen MR) is 141 cm³/mol. The molecule has 0 aliphatic carbocycles. The first-order chi connectivity index (χ1) is 17.1. The van der Waals surface area contributed by atoms with Crippen molar-refractivity contribution in [3.05, 3.63) is 88.2 Å². The van der Waals surface area contributed by atoms with E-state index in [4.69, 9.17) is 14.2 Å². The number of benzene rings is 3. The number of nitrogens with zero attached hydrogens (tertiary/aromatic N) is 1. The molecular weight excluding hydrogens is 460 g/mol. The van der Waals surface area contributed by atoms with Gasteiger partial charge in [-0.2, -0.15) is 0 Å². The molecule has 4 aromatic rings. The summed E-state index contributed by atoms with van der Waals surface area (Å²) in [4.78, 5) is 19.4. The van der Waals surface area contributed by atoms with E-state index in [1.165, 1.54) is 4.90 Å². The summed E-state index contributed by atoms with van der Waals surface area (Å²) in [6, 6.07) is 22.3. The number of pyridine rings is 1. The second kappa shape index (κ2) is 9.96. The molecule has 3 aromatic carbocycles. The zero-order valence-corrected chi connectivity index (χ0v) is 20.9. The second-order valence-corrected chi connectivity index (χ2v) is 9.70. The maximum atomic E-state index is 12.9. The molecule has 7 heteroatoms. The number of fused-ring (bicyclic) bond motifs is 2. The summed E-state index contributed by atoms with van der Waals surface area (Å²) < 4.78 is 16.7. The maximum Gasteiger partial charge on any atom is 0.253 e. The maximum absolute atomic E-state index is 12.9. The monoisotopic (exact) mass is 488 g/mol. The molecule has 0 fully saturated rings. The van der Waals surface area contributed by atoms with Crippen LogP contribution in [0.5, 0.6) is 17.2 Å². The van der Waals surface area contributed by atoms with E-state index in [1.54, 1.807) is 21.3 Å². The Bertz CT molecular complexity index is 1390. The minimum absolute atomic E-state index is 0.0424. The number of aromatic amines is 1. The van der Waals surface area contributed by atoms with Gasteiger partial charge in [-0.3, -0.25) is 4.79 Å². The van der Waals surface area contributed by atoms with Gasteiger partial charge >= 0.3 is 0 Å². The number of hydrogen-bond acceptors (Lipinski definition) is 6. The highest BCUT2D eigenvalue weighted by molar-refractivity contribution is 7.99. The molecule has 1 N–H and O–H groups in total. The minimum Gasteiger partial charge on any atom is -0.493 e. The molecule has 5 rings (SSSR count). The number of para-hydroxylation sites is 2. The molecule has 0 radical (unpaired) electrons. The van der Waals surface area contributed by atoms with Gasteiger partial charge in [-0.1, -0.05) is 30.3 Å². The van der Waals surface area contributed by atoms with Crippen LogP contribution in [0.25, 0.3) is 10.9 Å². The van der Waals surface area contributed by atoms with E-state index < -0.39 is 0 Å². The van der Waals surface area contributed by atoms with Gasteiger partial charge in [0.15, 0.2) is 11.5 Å². The van der Waals surface area contributed by atoms with Crippen LogP contribution in [-0.4, -0.2) is 32.9 Å². The molecule has 1 aliphatic heterocycles. The normalized spacial score (nSPS) is 15.4. The van der Waals surface area contributed by atoms with Crippen molar-refractivity contribution in [3.63, 3.8) is 0 Å². The zero-order valence-electron chi connectivity index (χ0n) is 20.0. The Balaban J connectivity index is 1.49. The molecule has 180 valence electrons. The molecule has 6 nitrogen and oxygen atoms in total. The summed E-state index contributed by atoms with van der Waals surface area (Å²) in [5, 5.41) is 1.22. The molecule has 0 spiro atoms. The molecule has 1 aliphatic rings. The van der Waals surface area contributed by atoms with Crippen molar-refractivity contribution >= 4 is 28.4 Å². The first-order valence-corrected chi connectivity index (χ1v) is 12.4. The molecule has 0 saturated heterocycles. The van der Waals surface area contributed by atoms with Crippen molar-refractivity contribution in [2.75, 3.05) is 32.8 Å². The summed E-state index contributed by atoms with van der Waals surface area (Å²) in [5.41, 5.74) is 3.83. The molecule has 0 amide bonds. The molecule has 2 heterocycles. The Hall–Kier alpha value is -3.58. The van der Waals surface area contributed by atoms with Crippen LogP contribution in [0.15, 0.2) is 76.4 Å². The van der Waals surface area contributed by atoms with Crippen molar-refractivity contribution in [1.82, 2.24) is 4.98 Å². The van der Waals surface area contributed by atoms with E-state index >= 15 is 0 Å². The molecular formula is C28H28N2O4S. The summed E-state index contributed by atoms with van der Waals surface area (Å²) >= 11 is 1.82. The van der Waals surface area contributed by atoms with Gasteiger partial charge in [-0.25, -0.2) is 0 Å². The summed E-state index contributed by atoms with van der Waals surface area (Å²) in [6.07, 6.45) is 0.892. The number of nitrogens with one attached hydrogen (secondary N) is 1. The van der Waals surface area contributed by atoms with Crippen LogP contribution < -0.4 is 24.7 Å². The van der Waals surface area contributed by atoms with Crippen molar-refractivity contribution in [3.8, 4) is 17.2 Å². The molecule has 35 heavy (non-hydrogen) atoms. The van der Waals surface area contributed by atoms with E-state index in [-0.39, 0.29) is 10.8 Å². The predicted octanol–water partition coefficient (Wildman–Crippen LogP) is 5.80. The number of hydrogen-bond donors (Lipinski definition) is 1. The van der Waals surface area contributed by atoms with Gasteiger partial charge in [0, 0.05) is 34.3 Å². The number of H-pyrrole nitrogens is 1. The van der Waals surface area contributed by atoms with Crippen molar-refractivity contribution in [1.29, 1.82) is 0 Å². The summed E-state index contributed by atoms with van der Waals surface area (Å²) in [5.74, 6) is 1.90. The number of methoxy groups -OCH3 is 3. The Morgan fingerprint density at radius 1 is 0.943 bits per heavy atom. The lowest BCUT2D eigenvalue weighted by atomic mass is 10.1. The van der Waals surface area contributed by atoms with Gasteiger partial charge in [0.1, 0.15) is 0 Å². The van der Waals surface area contributed by atoms with E-state index in [0.717, 1.165) is 40.7 Å². The van der Waals surface area contributed by atoms with Crippen LogP contribution in [0.4, 0.5) is 5.69 Å². The van der Waals surface area contributed by atoms with E-state index in [0.29, 0.717) is 23.8 Å². The topological polar surface area (TPSA) is 63.8 Å². The largest absolute Gasteiger partial charge is 0.493 e. The van der Waals surface area contributed by atoms with E-state index in [1.807, 2.05) is 54.2 Å². The summed E-state index contributed by atoms with van der Waals surface area (Å²) in [6.45, 7) is 1.34. The average molecular weight is 489 g/mol. The minimum atomic E-state index is -0.0424. The van der Waals surface area contributed by atoms with Crippen LogP contribution in [0.3, 0.4) is 0 Å². The zero-order chi connectivity index (χ0) is 24.4. The first kappa shape index (κ1) is 23.2. The SMILES string of the molecule is COc1cc(C2CCN(Cc3cc4ccccc4[nH]c3=O)c3ccccc3S2)cc(OC)c1OC. The van der Waals surface area contributed by atoms with Crippen LogP contribution in [0.2, 0.25) is 0 Å². The van der Waals surface area contributed by atoms with Crippen LogP contribution >= 0.6 is 11.8 Å². The fourth-order valence-corrected chi connectivity index (χ4v) is 5.90. The fourth-order valence-electron chi connectivity index (χ4n) is 4.63. The Kier molecular flexibility index (Phi) is 6.59. The van der Waals surface area contributed by atoms with E-state index in [2.05, 4.69) is 34.1 Å². The van der Waals surface area contributed by atoms with Gasteiger partial charge in [-0.05, 0) is 53.8 Å². The van der Waals surface area contributed by atoms with Crippen molar-refractivity contribution in [2.24, 2.45) is 0 Å². The van der Waals surface area contributed by atoms with Crippen LogP contribution in [0.1, 0.15) is 22.8 Å². The molecule has 1 aromatic heterocycles. The third-order valence-electron chi connectivity index (χ3n) is 6.39. The highest BCUT2D eigenvalue weighted by Crippen LogP contribution is 2.48. The standard InChI is InChI=1S/C28H28N2O4S/c1-32-23-15-19(16-24(33-2)27(23)34-3)25-12-13-30(22-10-6-7-11-26(22)35-25)17-20-14-18-8-4-5-9-21(18)29-28(20)31/h4-11,14-16,25H,12-13,17H2,1-3H3,(H,29,31). The lowest BCUT2D eigenvalue weighted by molar-refractivity contribution is 0.323. The number of anilines is 1. The van der Waals surface area contributed by atoms with Gasteiger partial charge < -0.3 is 24.1 Å². The first-order valence-electron chi connectivity index (χ1n) is 11.5. The molecule has 1 unspecified atom stereocenters. The number of ether oxygens (including phenoxy) is 3. The van der Waals surface area contributed by atoms with Crippen molar-refractivity contribution in [2.45, 2.75) is 23.1 Å². The number of thioether (sulfide) groups is 1. The Morgan fingerprint density at radius 2 is 1.66 bits per heavy atom. The lowest BCUT2D eigenvalue weighted by Crippen LogP contribution is -2.27. The van der Waals surface area contributed by atoms with Crippen LogP contribution in [-0.2, 0) is 6.54 Å². The fraction of sp³-hybridized carbons (Fsp3) is 0.250. The van der Waals surface area contributed by atoms with Gasteiger partial charge in [0.25, 0.3) is 5.56 Å². The highest BCUT2D eigenvalue weighted by Gasteiger charge is 2.26. The second-order valence-electron chi connectivity index (χ2n) is 8.45. The van der Waals surface area contributed by atoms with Gasteiger partial charge in [0.05, 0.1) is 27.0 Å². The number of rotatable bonds is 6. The quantitative estimate of drug-likeness (QED) is 0.370. The Morgan fingerprint density at radius 3 is 2.40 bits per heavy atom. The molecule has 0 bridgehead atoms. The van der Waals surface area contributed by atoms with Crippen LogP contribution in [0, 0.1) is 0 Å². The average Bonchev–Trinajstić information content (AvgIpc) is 3.07.